The van der Waals surface area contributed by atoms with Crippen LogP contribution in [0.25, 0.3) is 33.3 Å². The number of cyclic esters (lactones) is 1. The number of carbonyl (C=O) groups is 5. The van der Waals surface area contributed by atoms with Gasteiger partial charge >= 0.3 is 5.97 Å². The number of hydrogen-bond acceptors (Lipinski definition) is 9. The van der Waals surface area contributed by atoms with Crippen LogP contribution in [0.3, 0.4) is 0 Å². The summed E-state index contributed by atoms with van der Waals surface area (Å²) in [6.07, 6.45) is 7.03. The van der Waals surface area contributed by atoms with Crippen LogP contribution in [0.4, 0.5) is 0 Å². The number of benzene rings is 2. The minimum Gasteiger partial charge on any atom is -0.508 e. The van der Waals surface area contributed by atoms with Crippen LogP contribution >= 0.6 is 0 Å². The number of fused-ring (bicyclic) bond motifs is 6. The molecule has 4 atom stereocenters. The van der Waals surface area contributed by atoms with Gasteiger partial charge in [-0.3, -0.25) is 34.0 Å². The fraction of sp³-hybridized carbons (Fsp3) is 0.480. The summed E-state index contributed by atoms with van der Waals surface area (Å²) in [4.78, 5) is 76.7. The largest absolute Gasteiger partial charge is 0.508 e. The van der Waals surface area contributed by atoms with Crippen LogP contribution in [0.2, 0.25) is 0 Å². The van der Waals surface area contributed by atoms with Gasteiger partial charge in [0.05, 0.1) is 18.2 Å². The molecule has 340 valence electrons. The fourth-order valence-corrected chi connectivity index (χ4v) is 9.96. The molecular formula is C50H63N7O7. The smallest absolute Gasteiger partial charge is 0.324 e. The SMILES string of the molecule is C=CC(=O)N1CC[C@H](C(=O)N(C)[C@H](C(=O)N[C@H]2Cc3cc(O)cc(c3)-c3ccc4c(c3)c(c(-c3c(C)cncc3C)n4CC)CC(C)(C)COC(=O)[C@@H]3CCCN(N3)C2=O)C(C)C)C1. The minimum absolute atomic E-state index is 0.000531. The number of ether oxygens (including phenoxy) is 1. The van der Waals surface area contributed by atoms with E-state index in [9.17, 15) is 29.1 Å². The van der Waals surface area contributed by atoms with Crippen LogP contribution in [0.5, 0.6) is 5.75 Å². The second kappa shape index (κ2) is 18.6. The first-order valence-corrected chi connectivity index (χ1v) is 22.5. The van der Waals surface area contributed by atoms with Gasteiger partial charge in [-0.15, -0.1) is 0 Å². The Balaban J connectivity index is 1.30. The summed E-state index contributed by atoms with van der Waals surface area (Å²) in [7, 11) is 1.58. The van der Waals surface area contributed by atoms with Crippen LogP contribution in [-0.2, 0) is 48.1 Å². The van der Waals surface area contributed by atoms with E-state index in [0.29, 0.717) is 44.3 Å². The van der Waals surface area contributed by atoms with E-state index in [1.54, 1.807) is 24.1 Å². The molecule has 0 radical (unpaired) electrons. The molecule has 0 saturated carbocycles. The maximum absolute atomic E-state index is 14.7. The standard InChI is InChI=1S/C50H63N7O7/c1-10-42(59)55-18-16-34(27-55)47(61)54(9)44(29(3)4)46(60)52-40-21-32-19-35(22-36(58)20-32)33-14-15-41-37(23-33)38(45(56(41)11-2)43-30(5)25-51-26-31(43)6)24-50(7,8)28-64-49(63)39-13-12-17-57(53-39)48(40)62/h10,14-15,19-20,22-23,25-26,29,34,39-40,44,53,58H,1,11-13,16-18,21,24,27-28H2,2-9H3,(H,52,60)/t34-,39-,40-,44-/m0/s1. The van der Waals surface area contributed by atoms with Gasteiger partial charge in [-0.25, -0.2) is 5.43 Å². The van der Waals surface area contributed by atoms with Gasteiger partial charge in [-0.2, -0.15) is 0 Å². The Kier molecular flexibility index (Phi) is 13.4. The molecule has 4 aromatic rings. The molecule has 64 heavy (non-hydrogen) atoms. The highest BCUT2D eigenvalue weighted by Gasteiger charge is 2.40. The van der Waals surface area contributed by atoms with Gasteiger partial charge in [-0.05, 0) is 116 Å². The van der Waals surface area contributed by atoms with E-state index in [4.69, 9.17) is 4.74 Å². The number of rotatable bonds is 8. The first-order valence-electron chi connectivity index (χ1n) is 22.5. The highest BCUT2D eigenvalue weighted by Crippen LogP contribution is 2.42. The van der Waals surface area contributed by atoms with Crippen LogP contribution < -0.4 is 10.7 Å². The molecule has 4 amide bonds. The van der Waals surface area contributed by atoms with Crippen molar-refractivity contribution in [3.05, 3.63) is 83.7 Å². The van der Waals surface area contributed by atoms with Crippen molar-refractivity contribution in [3.63, 3.8) is 0 Å². The first-order chi connectivity index (χ1) is 30.4. The van der Waals surface area contributed by atoms with Crippen molar-refractivity contribution in [3.8, 4) is 28.1 Å². The van der Waals surface area contributed by atoms with Crippen molar-refractivity contribution in [2.24, 2.45) is 17.3 Å². The number of aryl methyl sites for hydroxylation is 3. The number of nitrogens with one attached hydrogen (secondary N) is 2. The van der Waals surface area contributed by atoms with Crippen LogP contribution in [0.1, 0.15) is 76.1 Å². The average molecular weight is 874 g/mol. The Bertz CT molecular complexity index is 2470. The Labute approximate surface area is 376 Å². The minimum atomic E-state index is -1.15. The molecular weight excluding hydrogens is 811 g/mol. The molecule has 0 aliphatic carbocycles. The molecule has 6 bridgehead atoms. The van der Waals surface area contributed by atoms with Gasteiger partial charge in [0.15, 0.2) is 0 Å². The molecule has 14 nitrogen and oxygen atoms in total. The third kappa shape index (κ3) is 9.29. The number of phenolic OH excluding ortho intramolecular Hbond substituents is 1. The van der Waals surface area contributed by atoms with E-state index in [-0.39, 0.29) is 49.6 Å². The number of hydrazine groups is 1. The molecule has 7 rings (SSSR count). The lowest BCUT2D eigenvalue weighted by molar-refractivity contribution is -0.155. The zero-order valence-electron chi connectivity index (χ0n) is 38.5. The highest BCUT2D eigenvalue weighted by atomic mass is 16.5. The lowest BCUT2D eigenvalue weighted by Gasteiger charge is -2.37. The molecule has 2 fully saturated rings. The third-order valence-electron chi connectivity index (χ3n) is 13.1. The van der Waals surface area contributed by atoms with Gasteiger partial charge in [-0.1, -0.05) is 46.4 Å². The Morgan fingerprint density at radius 2 is 1.80 bits per heavy atom. The number of pyridine rings is 1. The Morgan fingerprint density at radius 1 is 1.06 bits per heavy atom. The number of hydrogen-bond donors (Lipinski definition) is 3. The van der Waals surface area contributed by atoms with E-state index >= 15 is 0 Å². The molecule has 0 spiro atoms. The number of carbonyl (C=O) groups excluding carboxylic acids is 5. The molecule has 3 aliphatic heterocycles. The number of esters is 1. The number of likely N-dealkylation sites (tertiary alicyclic amines) is 1. The van der Waals surface area contributed by atoms with Gasteiger partial charge in [0, 0.05) is 73.9 Å². The van der Waals surface area contributed by atoms with Crippen molar-refractivity contribution in [2.45, 2.75) is 105 Å². The predicted molar refractivity (Wildman–Crippen MR) is 246 cm³/mol. The number of phenols is 1. The van der Waals surface area contributed by atoms with E-state index in [1.807, 2.05) is 38.4 Å². The topological polar surface area (TPSA) is 166 Å². The molecule has 3 aliphatic rings. The maximum Gasteiger partial charge on any atom is 0.324 e. The zero-order valence-corrected chi connectivity index (χ0v) is 38.5. The van der Waals surface area contributed by atoms with Crippen molar-refractivity contribution in [1.82, 2.24) is 35.1 Å². The van der Waals surface area contributed by atoms with Crippen molar-refractivity contribution >= 4 is 40.5 Å². The Hall–Kier alpha value is -6.02. The summed E-state index contributed by atoms with van der Waals surface area (Å²) in [5.74, 6) is -2.80. The van der Waals surface area contributed by atoms with Crippen LogP contribution in [0.15, 0.2) is 61.4 Å². The normalized spacial score (nSPS) is 20.7. The van der Waals surface area contributed by atoms with E-state index < -0.39 is 47.2 Å². The van der Waals surface area contributed by atoms with Crippen molar-refractivity contribution < 1.29 is 33.8 Å². The molecule has 5 heterocycles. The number of nitrogens with zero attached hydrogens (tertiary/aromatic N) is 5. The van der Waals surface area contributed by atoms with E-state index in [0.717, 1.165) is 50.0 Å². The second-order valence-electron chi connectivity index (χ2n) is 19.0. The maximum atomic E-state index is 14.7. The van der Waals surface area contributed by atoms with Crippen molar-refractivity contribution in [2.75, 3.05) is 33.3 Å². The quantitative estimate of drug-likeness (QED) is 0.145. The summed E-state index contributed by atoms with van der Waals surface area (Å²) < 4.78 is 8.43. The average Bonchev–Trinajstić information content (AvgIpc) is 3.87. The number of likely N-dealkylation sites (N-methyl/N-ethyl adjacent to an activating group) is 1. The van der Waals surface area contributed by atoms with E-state index in [1.165, 1.54) is 16.0 Å². The van der Waals surface area contributed by atoms with Gasteiger partial charge in [0.25, 0.3) is 5.91 Å². The lowest BCUT2D eigenvalue weighted by atomic mass is 9.83. The first kappa shape index (κ1) is 46.0. The molecule has 2 saturated heterocycles. The highest BCUT2D eigenvalue weighted by molar-refractivity contribution is 5.97. The van der Waals surface area contributed by atoms with Gasteiger partial charge in [0.1, 0.15) is 23.9 Å². The monoisotopic (exact) mass is 873 g/mol. The molecule has 3 N–H and O–H groups in total. The predicted octanol–water partition coefficient (Wildman–Crippen LogP) is 5.88. The number of aromatic nitrogens is 2. The zero-order chi connectivity index (χ0) is 46.2. The summed E-state index contributed by atoms with van der Waals surface area (Å²) in [5, 5.41) is 16.7. The van der Waals surface area contributed by atoms with Gasteiger partial charge in [0.2, 0.25) is 17.7 Å². The van der Waals surface area contributed by atoms with E-state index in [2.05, 4.69) is 73.6 Å². The van der Waals surface area contributed by atoms with Gasteiger partial charge < -0.3 is 29.5 Å². The number of amides is 4. The summed E-state index contributed by atoms with van der Waals surface area (Å²) in [6.45, 7) is 19.5. The molecule has 2 aromatic carbocycles. The lowest BCUT2D eigenvalue weighted by Crippen LogP contribution is -2.62. The van der Waals surface area contributed by atoms with Crippen molar-refractivity contribution in [1.29, 1.82) is 0 Å². The molecule has 2 aromatic heterocycles. The Morgan fingerprint density at radius 3 is 2.48 bits per heavy atom. The third-order valence-corrected chi connectivity index (χ3v) is 13.1. The second-order valence-corrected chi connectivity index (χ2v) is 19.0. The number of aromatic hydroxyl groups is 1. The van der Waals surface area contributed by atoms with Crippen LogP contribution in [0, 0.1) is 31.1 Å². The van der Waals surface area contributed by atoms with Crippen LogP contribution in [-0.4, -0.2) is 110 Å². The fourth-order valence-electron chi connectivity index (χ4n) is 9.96. The molecule has 0 unspecified atom stereocenters. The molecule has 14 heteroatoms. The summed E-state index contributed by atoms with van der Waals surface area (Å²) >= 11 is 0. The summed E-state index contributed by atoms with van der Waals surface area (Å²) in [6, 6.07) is 8.63. The summed E-state index contributed by atoms with van der Waals surface area (Å²) in [5.41, 5.74) is 11.3.